The Balaban J connectivity index is 1.54. The lowest BCUT2D eigenvalue weighted by molar-refractivity contribution is -0.152. The van der Waals surface area contributed by atoms with E-state index in [4.69, 9.17) is 9.15 Å². The summed E-state index contributed by atoms with van der Waals surface area (Å²) in [7, 11) is 0. The first-order chi connectivity index (χ1) is 12.9. The molecular formula is C21H28N2O3S. The lowest BCUT2D eigenvalue weighted by atomic mass is 9.75. The highest BCUT2D eigenvalue weighted by molar-refractivity contribution is 7.99. The topological polar surface area (TPSA) is 65.2 Å². The maximum Gasteiger partial charge on any atom is 0.316 e. The van der Waals surface area contributed by atoms with Crippen LogP contribution in [0.1, 0.15) is 45.6 Å². The number of aryl methyl sites for hydroxylation is 1. The number of hydrogen-bond acceptors (Lipinski definition) is 6. The van der Waals surface area contributed by atoms with Gasteiger partial charge in [0.25, 0.3) is 5.22 Å². The van der Waals surface area contributed by atoms with E-state index in [0.29, 0.717) is 28.9 Å². The van der Waals surface area contributed by atoms with Crippen molar-refractivity contribution in [1.82, 2.24) is 10.2 Å². The summed E-state index contributed by atoms with van der Waals surface area (Å²) in [5.74, 6) is 2.03. The number of nitrogens with zero attached hydrogens (tertiary/aromatic N) is 2. The second kappa shape index (κ2) is 8.91. The second-order valence-corrected chi connectivity index (χ2v) is 8.81. The molecule has 6 heteroatoms. The fraction of sp³-hybridized carbons (Fsp3) is 0.571. The van der Waals surface area contributed by atoms with Crippen LogP contribution in [0.5, 0.6) is 0 Å². The van der Waals surface area contributed by atoms with Gasteiger partial charge < -0.3 is 9.15 Å². The minimum atomic E-state index is -0.208. The van der Waals surface area contributed by atoms with Gasteiger partial charge in [0.2, 0.25) is 5.89 Å². The predicted octanol–water partition coefficient (Wildman–Crippen LogP) is 5.14. The maximum atomic E-state index is 12.3. The van der Waals surface area contributed by atoms with Gasteiger partial charge >= 0.3 is 5.97 Å². The molecule has 0 N–H and O–H groups in total. The third kappa shape index (κ3) is 5.34. The van der Waals surface area contributed by atoms with Crippen LogP contribution in [0, 0.1) is 24.7 Å². The van der Waals surface area contributed by atoms with E-state index >= 15 is 0 Å². The van der Waals surface area contributed by atoms with Crippen molar-refractivity contribution in [3.8, 4) is 11.5 Å². The Morgan fingerprint density at radius 1 is 1.26 bits per heavy atom. The van der Waals surface area contributed by atoms with Crippen molar-refractivity contribution in [3.63, 3.8) is 0 Å². The van der Waals surface area contributed by atoms with E-state index in [1.54, 1.807) is 0 Å². The number of esters is 1. The molecule has 0 unspecified atom stereocenters. The smallest absolute Gasteiger partial charge is 0.316 e. The fourth-order valence-electron chi connectivity index (χ4n) is 3.65. The maximum absolute atomic E-state index is 12.3. The largest absolute Gasteiger partial charge is 0.461 e. The van der Waals surface area contributed by atoms with E-state index in [9.17, 15) is 4.79 Å². The summed E-state index contributed by atoms with van der Waals surface area (Å²) in [6.45, 7) is 8.68. The summed E-state index contributed by atoms with van der Waals surface area (Å²) in [5, 5.41) is 8.48. The summed E-state index contributed by atoms with van der Waals surface area (Å²) >= 11 is 1.23. The molecule has 1 fully saturated rings. The Morgan fingerprint density at radius 2 is 2.00 bits per heavy atom. The highest BCUT2D eigenvalue weighted by Gasteiger charge is 2.33. The van der Waals surface area contributed by atoms with Crippen LogP contribution in [0.3, 0.4) is 0 Å². The van der Waals surface area contributed by atoms with E-state index < -0.39 is 0 Å². The number of carbonyl (C=O) groups is 1. The molecule has 0 saturated heterocycles. The van der Waals surface area contributed by atoms with Gasteiger partial charge in [0.05, 0.1) is 0 Å². The number of benzene rings is 1. The van der Waals surface area contributed by atoms with Gasteiger partial charge in [-0.15, -0.1) is 10.2 Å². The van der Waals surface area contributed by atoms with Crippen molar-refractivity contribution in [2.45, 2.75) is 58.3 Å². The molecule has 1 aromatic heterocycles. The summed E-state index contributed by atoms with van der Waals surface area (Å²) in [6.07, 6.45) is 3.33. The molecule has 1 aromatic carbocycles. The SMILES string of the molecule is Cc1ccc(-c2nnc(SCC(=O)O[C@H]3C[C@H](C)CC[C@@H]3C(C)C)o2)cc1. The Labute approximate surface area is 165 Å². The number of carbonyl (C=O) groups excluding carboxylic acids is 1. The van der Waals surface area contributed by atoms with E-state index in [1.165, 1.54) is 23.7 Å². The van der Waals surface area contributed by atoms with E-state index in [-0.39, 0.29) is 17.8 Å². The molecule has 5 nitrogen and oxygen atoms in total. The molecule has 146 valence electrons. The second-order valence-electron chi connectivity index (χ2n) is 7.88. The molecule has 0 bridgehead atoms. The van der Waals surface area contributed by atoms with Crippen LogP contribution < -0.4 is 0 Å². The number of aromatic nitrogens is 2. The third-order valence-corrected chi connectivity index (χ3v) is 6.05. The average Bonchev–Trinajstić information content (AvgIpc) is 3.09. The number of hydrogen-bond donors (Lipinski definition) is 0. The first kappa shape index (κ1) is 19.9. The first-order valence-electron chi connectivity index (χ1n) is 9.65. The van der Waals surface area contributed by atoms with Gasteiger partial charge in [-0.25, -0.2) is 0 Å². The summed E-state index contributed by atoms with van der Waals surface area (Å²) in [4.78, 5) is 12.3. The van der Waals surface area contributed by atoms with Crippen LogP contribution in [-0.2, 0) is 9.53 Å². The van der Waals surface area contributed by atoms with E-state index in [2.05, 4.69) is 31.0 Å². The van der Waals surface area contributed by atoms with Gasteiger partial charge in [0.15, 0.2) is 0 Å². The van der Waals surface area contributed by atoms with Gasteiger partial charge in [-0.3, -0.25) is 4.79 Å². The van der Waals surface area contributed by atoms with Gasteiger partial charge in [-0.1, -0.05) is 56.7 Å². The Hall–Kier alpha value is -1.82. The van der Waals surface area contributed by atoms with Gasteiger partial charge in [-0.05, 0) is 49.7 Å². The van der Waals surface area contributed by atoms with Crippen molar-refractivity contribution in [1.29, 1.82) is 0 Å². The van der Waals surface area contributed by atoms with Crippen LogP contribution in [0.4, 0.5) is 0 Å². The van der Waals surface area contributed by atoms with Crippen LogP contribution >= 0.6 is 11.8 Å². The summed E-state index contributed by atoms with van der Waals surface area (Å²) in [6, 6.07) is 7.89. The molecule has 0 spiro atoms. The zero-order chi connectivity index (χ0) is 19.4. The normalized spacial score (nSPS) is 22.8. The number of ether oxygens (including phenoxy) is 1. The van der Waals surface area contributed by atoms with Gasteiger partial charge in [0.1, 0.15) is 11.9 Å². The average molecular weight is 389 g/mol. The summed E-state index contributed by atoms with van der Waals surface area (Å²) in [5.41, 5.74) is 2.05. The summed E-state index contributed by atoms with van der Waals surface area (Å²) < 4.78 is 11.5. The molecule has 0 aliphatic heterocycles. The Bertz CT molecular complexity index is 757. The standard InChI is InChI=1S/C21H28N2O3S/c1-13(2)17-10-7-15(4)11-18(17)25-19(24)12-27-21-23-22-20(26-21)16-8-5-14(3)6-9-16/h5-6,8-9,13,15,17-18H,7,10-12H2,1-4H3/t15-,17-,18+/m1/s1. The van der Waals surface area contributed by atoms with Gasteiger partial charge in [0, 0.05) is 5.56 Å². The van der Waals surface area contributed by atoms with Crippen LogP contribution in [0.2, 0.25) is 0 Å². The molecule has 1 heterocycles. The molecule has 3 atom stereocenters. The monoisotopic (exact) mass is 388 g/mol. The first-order valence-corrected chi connectivity index (χ1v) is 10.6. The van der Waals surface area contributed by atoms with E-state index in [0.717, 1.165) is 18.4 Å². The molecule has 1 aliphatic rings. The van der Waals surface area contributed by atoms with Crippen molar-refractivity contribution in [2.24, 2.45) is 17.8 Å². The molecule has 27 heavy (non-hydrogen) atoms. The van der Waals surface area contributed by atoms with Crippen LogP contribution in [-0.4, -0.2) is 28.0 Å². The van der Waals surface area contributed by atoms with Crippen LogP contribution in [0.15, 0.2) is 33.9 Å². The Kier molecular flexibility index (Phi) is 6.58. The quantitative estimate of drug-likeness (QED) is 0.504. The van der Waals surface area contributed by atoms with E-state index in [1.807, 2.05) is 31.2 Å². The fourth-order valence-corrected chi connectivity index (χ4v) is 4.20. The minimum absolute atomic E-state index is 0.0210. The lowest BCUT2D eigenvalue weighted by Crippen LogP contribution is -2.36. The highest BCUT2D eigenvalue weighted by atomic mass is 32.2. The number of rotatable bonds is 6. The Morgan fingerprint density at radius 3 is 2.70 bits per heavy atom. The number of thioether (sulfide) groups is 1. The molecule has 0 amide bonds. The zero-order valence-electron chi connectivity index (χ0n) is 16.5. The molecule has 1 saturated carbocycles. The minimum Gasteiger partial charge on any atom is -0.461 e. The lowest BCUT2D eigenvalue weighted by Gasteiger charge is -2.36. The third-order valence-electron chi connectivity index (χ3n) is 5.26. The van der Waals surface area contributed by atoms with Crippen molar-refractivity contribution in [3.05, 3.63) is 29.8 Å². The van der Waals surface area contributed by atoms with Crippen molar-refractivity contribution >= 4 is 17.7 Å². The predicted molar refractivity (Wildman–Crippen MR) is 106 cm³/mol. The highest BCUT2D eigenvalue weighted by Crippen LogP contribution is 2.35. The molecule has 1 aliphatic carbocycles. The molecule has 0 radical (unpaired) electrons. The van der Waals surface area contributed by atoms with Gasteiger partial charge in [-0.2, -0.15) is 0 Å². The molecule has 2 aromatic rings. The molecular weight excluding hydrogens is 360 g/mol. The van der Waals surface area contributed by atoms with Crippen molar-refractivity contribution in [2.75, 3.05) is 5.75 Å². The zero-order valence-corrected chi connectivity index (χ0v) is 17.3. The molecule has 3 rings (SSSR count). The van der Waals surface area contributed by atoms with Crippen molar-refractivity contribution < 1.29 is 13.9 Å². The van der Waals surface area contributed by atoms with Crippen LogP contribution in [0.25, 0.3) is 11.5 Å².